The van der Waals surface area contributed by atoms with Crippen molar-refractivity contribution in [2.24, 2.45) is 17.3 Å². The van der Waals surface area contributed by atoms with E-state index in [1.165, 1.54) is 14.2 Å². The topological polar surface area (TPSA) is 95.7 Å². The molecule has 0 unspecified atom stereocenters. The number of esters is 2. The molecule has 2 rings (SSSR count). The van der Waals surface area contributed by atoms with Gasteiger partial charge < -0.3 is 9.47 Å². The number of nitro groups is 1. The molecule has 112 valence electrons. The van der Waals surface area contributed by atoms with Crippen LogP contribution in [0.3, 0.4) is 0 Å². The van der Waals surface area contributed by atoms with E-state index >= 15 is 0 Å². The van der Waals surface area contributed by atoms with Gasteiger partial charge >= 0.3 is 11.9 Å². The monoisotopic (exact) mass is 285 g/mol. The Labute approximate surface area is 116 Å². The lowest BCUT2D eigenvalue weighted by Crippen LogP contribution is -2.50. The van der Waals surface area contributed by atoms with Crippen LogP contribution in [-0.2, 0) is 19.1 Å². The van der Waals surface area contributed by atoms with Crippen molar-refractivity contribution < 1.29 is 24.0 Å². The summed E-state index contributed by atoms with van der Waals surface area (Å²) in [6.07, 6.45) is 1.67. The smallest absolute Gasteiger partial charge is 0.323 e. The summed E-state index contributed by atoms with van der Waals surface area (Å²) in [5.74, 6) is -2.32. The Hall–Kier alpha value is -1.66. The molecule has 2 aliphatic rings. The molecule has 0 bridgehead atoms. The van der Waals surface area contributed by atoms with Crippen molar-refractivity contribution in [3.8, 4) is 0 Å². The van der Waals surface area contributed by atoms with Crippen LogP contribution in [0, 0.1) is 27.4 Å². The molecular weight excluding hydrogens is 266 g/mol. The molecular formula is C13H19NO6. The minimum Gasteiger partial charge on any atom is -0.468 e. The van der Waals surface area contributed by atoms with E-state index in [1.807, 2.05) is 6.92 Å². The van der Waals surface area contributed by atoms with Gasteiger partial charge in [0.15, 0.2) is 5.41 Å². The van der Waals surface area contributed by atoms with Crippen molar-refractivity contribution >= 4 is 11.9 Å². The van der Waals surface area contributed by atoms with Crippen LogP contribution in [0.2, 0.25) is 0 Å². The standard InChI is InChI=1S/C13H19NO6/c1-4-5-9-12(10(15)19-2,11(16)20-3)6-8-7-13(8,9)14(17)18/h8-9H,4-7H2,1-3H3/t8-,9+,13-/m1/s1. The van der Waals surface area contributed by atoms with Crippen LogP contribution in [0.1, 0.15) is 32.6 Å². The number of carbonyl (C=O) groups excluding carboxylic acids is 2. The van der Waals surface area contributed by atoms with Crippen molar-refractivity contribution in [1.82, 2.24) is 0 Å². The molecule has 2 saturated carbocycles. The highest BCUT2D eigenvalue weighted by Gasteiger charge is 2.84. The van der Waals surface area contributed by atoms with E-state index in [1.54, 1.807) is 0 Å². The predicted molar refractivity (Wildman–Crippen MR) is 67.3 cm³/mol. The van der Waals surface area contributed by atoms with Gasteiger partial charge in [-0.25, -0.2) is 0 Å². The molecule has 2 aliphatic carbocycles. The van der Waals surface area contributed by atoms with Gasteiger partial charge in [-0.15, -0.1) is 0 Å². The second kappa shape index (κ2) is 4.71. The first-order valence-corrected chi connectivity index (χ1v) is 6.73. The van der Waals surface area contributed by atoms with Crippen molar-refractivity contribution in [2.75, 3.05) is 14.2 Å². The fourth-order valence-corrected chi connectivity index (χ4v) is 4.00. The van der Waals surface area contributed by atoms with Gasteiger partial charge in [0.05, 0.1) is 20.1 Å². The van der Waals surface area contributed by atoms with Crippen LogP contribution in [-0.4, -0.2) is 36.6 Å². The molecule has 0 aromatic carbocycles. The molecule has 0 saturated heterocycles. The Morgan fingerprint density at radius 3 is 2.20 bits per heavy atom. The number of nitrogens with zero attached hydrogens (tertiary/aromatic N) is 1. The summed E-state index contributed by atoms with van der Waals surface area (Å²) >= 11 is 0. The third kappa shape index (κ3) is 1.58. The van der Waals surface area contributed by atoms with E-state index in [9.17, 15) is 19.7 Å². The number of carbonyl (C=O) groups is 2. The van der Waals surface area contributed by atoms with E-state index < -0.39 is 28.8 Å². The second-order valence-corrected chi connectivity index (χ2v) is 5.65. The molecule has 7 nitrogen and oxygen atoms in total. The number of methoxy groups -OCH3 is 2. The fraction of sp³-hybridized carbons (Fsp3) is 0.846. The Bertz CT molecular complexity index is 446. The van der Waals surface area contributed by atoms with Gasteiger partial charge in [0.25, 0.3) is 0 Å². The van der Waals surface area contributed by atoms with E-state index in [4.69, 9.17) is 9.47 Å². The summed E-state index contributed by atoms with van der Waals surface area (Å²) < 4.78 is 9.54. The third-order valence-electron chi connectivity index (χ3n) is 4.90. The summed E-state index contributed by atoms with van der Waals surface area (Å²) in [5.41, 5.74) is -2.67. The van der Waals surface area contributed by atoms with Crippen LogP contribution in [0.4, 0.5) is 0 Å². The van der Waals surface area contributed by atoms with Gasteiger partial charge in [0.1, 0.15) is 0 Å². The zero-order valence-electron chi connectivity index (χ0n) is 11.9. The molecule has 0 amide bonds. The summed E-state index contributed by atoms with van der Waals surface area (Å²) in [6.45, 7) is 1.88. The fourth-order valence-electron chi connectivity index (χ4n) is 4.00. The highest BCUT2D eigenvalue weighted by molar-refractivity contribution is 6.01. The van der Waals surface area contributed by atoms with Crippen molar-refractivity contribution in [1.29, 1.82) is 0 Å². The number of ether oxygens (including phenoxy) is 2. The van der Waals surface area contributed by atoms with Crippen LogP contribution >= 0.6 is 0 Å². The molecule has 7 heteroatoms. The Balaban J connectivity index is 2.50. The highest BCUT2D eigenvalue weighted by atomic mass is 16.6. The third-order valence-corrected chi connectivity index (χ3v) is 4.90. The first-order chi connectivity index (χ1) is 9.41. The lowest BCUT2D eigenvalue weighted by atomic mass is 9.71. The Morgan fingerprint density at radius 1 is 1.25 bits per heavy atom. The first kappa shape index (κ1) is 14.7. The van der Waals surface area contributed by atoms with Crippen molar-refractivity contribution in [3.05, 3.63) is 10.1 Å². The maximum Gasteiger partial charge on any atom is 0.323 e. The van der Waals surface area contributed by atoms with Crippen molar-refractivity contribution in [2.45, 2.75) is 38.1 Å². The second-order valence-electron chi connectivity index (χ2n) is 5.65. The number of hydrogen-bond donors (Lipinski definition) is 0. The van der Waals surface area contributed by atoms with Crippen LogP contribution in [0.15, 0.2) is 0 Å². The molecule has 3 atom stereocenters. The average molecular weight is 285 g/mol. The van der Waals surface area contributed by atoms with Gasteiger partial charge in [0, 0.05) is 17.3 Å². The summed E-state index contributed by atoms with van der Waals surface area (Å²) in [7, 11) is 2.39. The van der Waals surface area contributed by atoms with Crippen LogP contribution < -0.4 is 0 Å². The molecule has 0 spiro atoms. The zero-order chi connectivity index (χ0) is 15.1. The minimum atomic E-state index is -1.52. The number of fused-ring (bicyclic) bond motifs is 1. The van der Waals surface area contributed by atoms with E-state index in [-0.39, 0.29) is 17.3 Å². The molecule has 0 heterocycles. The highest BCUT2D eigenvalue weighted by Crippen LogP contribution is 2.69. The Kier molecular flexibility index (Phi) is 3.47. The first-order valence-electron chi connectivity index (χ1n) is 6.73. The molecule has 0 radical (unpaired) electrons. The Morgan fingerprint density at radius 2 is 1.80 bits per heavy atom. The van der Waals surface area contributed by atoms with E-state index in [0.29, 0.717) is 19.3 Å². The van der Waals surface area contributed by atoms with Crippen LogP contribution in [0.5, 0.6) is 0 Å². The summed E-state index contributed by atoms with van der Waals surface area (Å²) in [4.78, 5) is 35.6. The maximum absolute atomic E-state index is 12.2. The predicted octanol–water partition coefficient (Wildman–Crippen LogP) is 1.17. The molecule has 0 N–H and O–H groups in total. The van der Waals surface area contributed by atoms with Gasteiger partial charge in [-0.2, -0.15) is 0 Å². The molecule has 0 aromatic rings. The maximum atomic E-state index is 12.2. The minimum absolute atomic E-state index is 0.151. The SMILES string of the molecule is CCC[C@H]1C(C(=O)OC)(C(=O)OC)C[C@@H]2C[C@@]21[N+](=O)[O-]. The normalized spacial score (nSPS) is 33.1. The molecule has 0 aliphatic heterocycles. The van der Waals surface area contributed by atoms with Crippen molar-refractivity contribution in [3.63, 3.8) is 0 Å². The van der Waals surface area contributed by atoms with Gasteiger partial charge in [0.2, 0.25) is 5.54 Å². The van der Waals surface area contributed by atoms with Gasteiger partial charge in [-0.1, -0.05) is 13.3 Å². The van der Waals surface area contributed by atoms with Gasteiger partial charge in [-0.05, 0) is 12.8 Å². The molecule has 20 heavy (non-hydrogen) atoms. The van der Waals surface area contributed by atoms with E-state index in [0.717, 1.165) is 0 Å². The lowest BCUT2D eigenvalue weighted by Gasteiger charge is -2.32. The summed E-state index contributed by atoms with van der Waals surface area (Å²) in [5, 5.41) is 11.5. The van der Waals surface area contributed by atoms with Crippen LogP contribution in [0.25, 0.3) is 0 Å². The number of hydrogen-bond acceptors (Lipinski definition) is 6. The number of rotatable bonds is 5. The molecule has 0 aromatic heterocycles. The van der Waals surface area contributed by atoms with Gasteiger partial charge in [-0.3, -0.25) is 19.7 Å². The quantitative estimate of drug-likeness (QED) is 0.325. The largest absolute Gasteiger partial charge is 0.468 e. The average Bonchev–Trinajstić information content (AvgIpc) is 3.09. The lowest BCUT2D eigenvalue weighted by molar-refractivity contribution is -0.551. The zero-order valence-corrected chi connectivity index (χ0v) is 11.9. The van der Waals surface area contributed by atoms with E-state index in [2.05, 4.69) is 0 Å². The molecule has 2 fully saturated rings. The summed E-state index contributed by atoms with van der Waals surface area (Å²) in [6, 6.07) is 0.